The predicted octanol–water partition coefficient (Wildman–Crippen LogP) is 1.24. The minimum atomic E-state index is -1.20. The maximum absolute atomic E-state index is 11.2. The number of carbonyl (C=O) groups is 2. The third kappa shape index (κ3) is 2.73. The third-order valence-corrected chi connectivity index (χ3v) is 2.81. The van der Waals surface area contributed by atoms with Crippen LogP contribution in [0.5, 0.6) is 0 Å². The van der Waals surface area contributed by atoms with Crippen LogP contribution >= 0.6 is 23.6 Å². The summed E-state index contributed by atoms with van der Waals surface area (Å²) in [6.45, 7) is 0.437. The van der Waals surface area contributed by atoms with E-state index in [1.807, 2.05) is 0 Å². The Morgan fingerprint density at radius 3 is 2.71 bits per heavy atom. The van der Waals surface area contributed by atoms with Gasteiger partial charge in [0.1, 0.15) is 5.57 Å². The van der Waals surface area contributed by atoms with Crippen molar-refractivity contribution in [3.63, 3.8) is 0 Å². The largest absolute Gasteiger partial charge is 0.478 e. The van der Waals surface area contributed by atoms with Gasteiger partial charge in [0, 0.05) is 5.75 Å². The topological polar surface area (TPSA) is 63.6 Å². The smallest absolute Gasteiger partial charge is 0.339 e. The van der Waals surface area contributed by atoms with E-state index in [0.29, 0.717) is 24.4 Å². The predicted molar refractivity (Wildman–Crippen MR) is 53.4 cm³/mol. The van der Waals surface area contributed by atoms with Crippen molar-refractivity contribution in [2.45, 2.75) is 6.42 Å². The van der Waals surface area contributed by atoms with Crippen LogP contribution in [0.25, 0.3) is 0 Å². The summed E-state index contributed by atoms with van der Waals surface area (Å²) in [7, 11) is 0. The first-order valence-electron chi connectivity index (χ1n) is 3.95. The van der Waals surface area contributed by atoms with Gasteiger partial charge in [-0.2, -0.15) is 0 Å². The van der Waals surface area contributed by atoms with Crippen molar-refractivity contribution >= 4 is 35.4 Å². The van der Waals surface area contributed by atoms with Gasteiger partial charge in [0.15, 0.2) is 5.78 Å². The molecule has 0 spiro atoms. The van der Waals surface area contributed by atoms with Gasteiger partial charge >= 0.3 is 5.97 Å². The van der Waals surface area contributed by atoms with E-state index in [1.165, 1.54) is 0 Å². The fourth-order valence-corrected chi connectivity index (χ4v) is 1.99. The average Bonchev–Trinajstić information content (AvgIpc) is 2.19. The van der Waals surface area contributed by atoms with Crippen molar-refractivity contribution in [3.05, 3.63) is 11.1 Å². The SMILES string of the molecule is O=C(O)C(C(=O)CCl)=C1CCOSC1. The molecule has 4 nitrogen and oxygen atoms in total. The number of hydrogen-bond acceptors (Lipinski definition) is 4. The number of rotatable bonds is 3. The zero-order valence-corrected chi connectivity index (χ0v) is 8.86. The molecule has 6 heteroatoms. The lowest BCUT2D eigenvalue weighted by molar-refractivity contribution is -0.134. The molecule has 0 atom stereocenters. The molecule has 0 aromatic rings. The average molecular weight is 237 g/mol. The Hall–Kier alpha value is -0.520. The van der Waals surface area contributed by atoms with Gasteiger partial charge in [-0.15, -0.1) is 11.6 Å². The number of carboxylic acid groups (broad SMARTS) is 1. The molecule has 1 rings (SSSR count). The lowest BCUT2D eigenvalue weighted by atomic mass is 10.0. The van der Waals surface area contributed by atoms with E-state index in [1.54, 1.807) is 0 Å². The van der Waals surface area contributed by atoms with Gasteiger partial charge in [-0.3, -0.25) is 4.79 Å². The zero-order valence-electron chi connectivity index (χ0n) is 7.29. The van der Waals surface area contributed by atoms with Crippen LogP contribution in [0.15, 0.2) is 11.1 Å². The van der Waals surface area contributed by atoms with Gasteiger partial charge < -0.3 is 9.29 Å². The zero-order chi connectivity index (χ0) is 10.6. The van der Waals surface area contributed by atoms with Crippen molar-refractivity contribution in [2.75, 3.05) is 18.2 Å². The second-order valence-corrected chi connectivity index (χ2v) is 3.70. The Bertz CT molecular complexity index is 279. The molecule has 0 aromatic carbocycles. The molecule has 1 heterocycles. The van der Waals surface area contributed by atoms with E-state index in [2.05, 4.69) is 0 Å². The van der Waals surface area contributed by atoms with E-state index < -0.39 is 11.8 Å². The van der Waals surface area contributed by atoms with Crippen LogP contribution in [0.4, 0.5) is 0 Å². The highest BCUT2D eigenvalue weighted by atomic mass is 35.5. The van der Waals surface area contributed by atoms with Crippen LogP contribution in [0.1, 0.15) is 6.42 Å². The fraction of sp³-hybridized carbons (Fsp3) is 0.500. The molecule has 1 fully saturated rings. The van der Waals surface area contributed by atoms with Gasteiger partial charge in [0.25, 0.3) is 0 Å². The van der Waals surface area contributed by atoms with Crippen LogP contribution in [-0.2, 0) is 13.8 Å². The number of carbonyl (C=O) groups excluding carboxylic acids is 1. The normalized spacial score (nSPS) is 20.4. The second kappa shape index (κ2) is 5.38. The number of alkyl halides is 1. The number of carboxylic acids is 1. The summed E-state index contributed by atoms with van der Waals surface area (Å²) in [5.41, 5.74) is 0.440. The van der Waals surface area contributed by atoms with Gasteiger partial charge in [-0.1, -0.05) is 0 Å². The number of Topliss-reactive ketones (excluding diaryl/α,β-unsaturated/α-hetero) is 1. The number of hydrogen-bond donors (Lipinski definition) is 1. The van der Waals surface area contributed by atoms with E-state index in [0.717, 1.165) is 12.0 Å². The molecule has 0 unspecified atom stereocenters. The van der Waals surface area contributed by atoms with E-state index in [-0.39, 0.29) is 11.5 Å². The highest BCUT2D eigenvalue weighted by Crippen LogP contribution is 2.23. The van der Waals surface area contributed by atoms with Gasteiger partial charge in [-0.25, -0.2) is 4.79 Å². The minimum absolute atomic E-state index is 0.171. The summed E-state index contributed by atoms with van der Waals surface area (Å²) in [5, 5.41) is 8.84. The molecule has 14 heavy (non-hydrogen) atoms. The Morgan fingerprint density at radius 2 is 2.29 bits per heavy atom. The quantitative estimate of drug-likeness (QED) is 0.263. The van der Waals surface area contributed by atoms with Crippen molar-refractivity contribution in [1.29, 1.82) is 0 Å². The number of aliphatic carboxylic acids is 1. The standard InChI is InChI=1S/C8H9ClO4S/c9-3-6(10)7(8(11)12)5-1-2-13-14-4-5/h1-4H2,(H,11,12). The van der Waals surface area contributed by atoms with Crippen LogP contribution in [-0.4, -0.2) is 35.1 Å². The summed E-state index contributed by atoms with van der Waals surface area (Å²) in [4.78, 5) is 22.0. The van der Waals surface area contributed by atoms with E-state index in [9.17, 15) is 9.59 Å². The summed E-state index contributed by atoms with van der Waals surface area (Å²) in [5.74, 6) is -1.61. The molecular formula is C8H9ClO4S. The first-order chi connectivity index (χ1) is 6.66. The molecule has 1 aliphatic heterocycles. The second-order valence-electron chi connectivity index (χ2n) is 2.67. The van der Waals surface area contributed by atoms with Gasteiger partial charge in [-0.05, 0) is 24.0 Å². The summed E-state index contributed by atoms with van der Waals surface area (Å²) in [6, 6.07) is 0. The van der Waals surface area contributed by atoms with E-state index >= 15 is 0 Å². The maximum atomic E-state index is 11.2. The third-order valence-electron chi connectivity index (χ3n) is 1.77. The molecule has 0 bridgehead atoms. The monoisotopic (exact) mass is 236 g/mol. The highest BCUT2D eigenvalue weighted by Gasteiger charge is 2.23. The van der Waals surface area contributed by atoms with Crippen LogP contribution in [0.2, 0.25) is 0 Å². The molecule has 0 radical (unpaired) electrons. The Morgan fingerprint density at radius 1 is 1.57 bits per heavy atom. The molecule has 1 aliphatic rings. The van der Waals surface area contributed by atoms with E-state index in [4.69, 9.17) is 20.9 Å². The van der Waals surface area contributed by atoms with Gasteiger partial charge in [0.05, 0.1) is 12.5 Å². The molecule has 0 aromatic heterocycles. The molecular weight excluding hydrogens is 228 g/mol. The molecule has 0 saturated carbocycles. The Kier molecular flexibility index (Phi) is 4.44. The maximum Gasteiger partial charge on any atom is 0.339 e. The van der Waals surface area contributed by atoms with Crippen molar-refractivity contribution in [2.24, 2.45) is 0 Å². The fourth-order valence-electron chi connectivity index (χ4n) is 1.14. The number of ketones is 1. The molecule has 78 valence electrons. The van der Waals surface area contributed by atoms with Crippen molar-refractivity contribution < 1.29 is 18.9 Å². The molecule has 0 amide bonds. The molecule has 1 saturated heterocycles. The summed E-state index contributed by atoms with van der Waals surface area (Å²) in [6.07, 6.45) is 0.483. The highest BCUT2D eigenvalue weighted by molar-refractivity contribution is 7.94. The summed E-state index contributed by atoms with van der Waals surface area (Å²) < 4.78 is 4.99. The van der Waals surface area contributed by atoms with Gasteiger partial charge in [0.2, 0.25) is 0 Å². The molecule has 0 aliphatic carbocycles. The van der Waals surface area contributed by atoms with Crippen LogP contribution in [0.3, 0.4) is 0 Å². The first kappa shape index (κ1) is 11.6. The summed E-state index contributed by atoms with van der Waals surface area (Å²) >= 11 is 6.49. The van der Waals surface area contributed by atoms with Crippen LogP contribution < -0.4 is 0 Å². The molecule has 1 N–H and O–H groups in total. The Labute approximate surface area is 90.5 Å². The lowest BCUT2D eigenvalue weighted by Crippen LogP contribution is -2.19. The van der Waals surface area contributed by atoms with Crippen LogP contribution in [0, 0.1) is 0 Å². The lowest BCUT2D eigenvalue weighted by Gasteiger charge is -2.15. The minimum Gasteiger partial charge on any atom is -0.478 e. The van der Waals surface area contributed by atoms with Crippen molar-refractivity contribution in [3.8, 4) is 0 Å². The first-order valence-corrected chi connectivity index (χ1v) is 5.40. The Balaban J connectivity index is 2.94. The number of halogens is 1. The van der Waals surface area contributed by atoms with Crippen molar-refractivity contribution in [1.82, 2.24) is 0 Å².